The molecule has 16 heavy (non-hydrogen) atoms. The van der Waals surface area contributed by atoms with Gasteiger partial charge in [0.25, 0.3) is 0 Å². The monoisotopic (exact) mass is 229 g/mol. The van der Waals surface area contributed by atoms with Gasteiger partial charge in [0.05, 0.1) is 19.8 Å². The van der Waals surface area contributed by atoms with Crippen molar-refractivity contribution < 1.29 is 9.53 Å². The van der Waals surface area contributed by atoms with Crippen molar-refractivity contribution in [3.8, 4) is 0 Å². The molecule has 0 bridgehead atoms. The summed E-state index contributed by atoms with van der Waals surface area (Å²) in [7, 11) is 0. The number of morpholine rings is 1. The molecule has 0 aromatic carbocycles. The first kappa shape index (κ1) is 13.4. The van der Waals surface area contributed by atoms with Crippen LogP contribution in [0.15, 0.2) is 0 Å². The van der Waals surface area contributed by atoms with E-state index in [-0.39, 0.29) is 11.9 Å². The van der Waals surface area contributed by atoms with Gasteiger partial charge in [0, 0.05) is 25.7 Å². The highest BCUT2D eigenvalue weighted by molar-refractivity contribution is 5.78. The van der Waals surface area contributed by atoms with Crippen LogP contribution in [-0.4, -0.2) is 62.8 Å². The highest BCUT2D eigenvalue weighted by Crippen LogP contribution is 1.98. The zero-order valence-corrected chi connectivity index (χ0v) is 10.3. The minimum Gasteiger partial charge on any atom is -0.379 e. The summed E-state index contributed by atoms with van der Waals surface area (Å²) in [6, 6.07) is 0.198. The molecule has 0 aromatic heterocycles. The van der Waals surface area contributed by atoms with Crippen LogP contribution < -0.4 is 10.6 Å². The van der Waals surface area contributed by atoms with E-state index in [9.17, 15) is 4.79 Å². The SMILES string of the molecule is CCNCC(=O)NC(C)CN1CCOCC1. The lowest BCUT2D eigenvalue weighted by atomic mass is 10.3. The lowest BCUT2D eigenvalue weighted by Crippen LogP contribution is -2.47. The van der Waals surface area contributed by atoms with Crippen molar-refractivity contribution in [2.24, 2.45) is 0 Å². The van der Waals surface area contributed by atoms with Crippen LogP contribution in [-0.2, 0) is 9.53 Å². The van der Waals surface area contributed by atoms with E-state index in [0.717, 1.165) is 39.4 Å². The second kappa shape index (κ2) is 7.60. The van der Waals surface area contributed by atoms with E-state index in [4.69, 9.17) is 4.74 Å². The molecule has 0 aromatic rings. The van der Waals surface area contributed by atoms with Crippen molar-refractivity contribution in [3.63, 3.8) is 0 Å². The summed E-state index contributed by atoms with van der Waals surface area (Å²) in [6.07, 6.45) is 0. The Morgan fingerprint density at radius 1 is 1.44 bits per heavy atom. The van der Waals surface area contributed by atoms with Crippen molar-refractivity contribution in [1.29, 1.82) is 0 Å². The van der Waals surface area contributed by atoms with Crippen molar-refractivity contribution in [3.05, 3.63) is 0 Å². The van der Waals surface area contributed by atoms with E-state index in [2.05, 4.69) is 15.5 Å². The third-order valence-electron chi connectivity index (χ3n) is 2.58. The lowest BCUT2D eigenvalue weighted by Gasteiger charge is -2.29. The molecule has 1 heterocycles. The first-order valence-electron chi connectivity index (χ1n) is 6.02. The molecule has 0 radical (unpaired) electrons. The molecule has 0 saturated carbocycles. The van der Waals surface area contributed by atoms with Gasteiger partial charge in [-0.25, -0.2) is 0 Å². The number of ether oxygens (including phenoxy) is 1. The average molecular weight is 229 g/mol. The zero-order valence-electron chi connectivity index (χ0n) is 10.3. The average Bonchev–Trinajstić information content (AvgIpc) is 2.27. The van der Waals surface area contributed by atoms with Gasteiger partial charge in [0.2, 0.25) is 5.91 Å². The number of hydrogen-bond acceptors (Lipinski definition) is 4. The number of likely N-dealkylation sites (N-methyl/N-ethyl adjacent to an activating group) is 1. The number of hydrogen-bond donors (Lipinski definition) is 2. The molecule has 1 atom stereocenters. The van der Waals surface area contributed by atoms with Gasteiger partial charge < -0.3 is 15.4 Å². The highest BCUT2D eigenvalue weighted by Gasteiger charge is 2.14. The molecule has 1 saturated heterocycles. The molecular weight excluding hydrogens is 206 g/mol. The summed E-state index contributed by atoms with van der Waals surface area (Å²) in [5, 5.41) is 5.99. The molecule has 5 heteroatoms. The summed E-state index contributed by atoms with van der Waals surface area (Å²) in [6.45, 7) is 9.71. The predicted octanol–water partition coefficient (Wildman–Crippen LogP) is -0.567. The molecule has 94 valence electrons. The lowest BCUT2D eigenvalue weighted by molar-refractivity contribution is -0.121. The Morgan fingerprint density at radius 2 is 2.12 bits per heavy atom. The van der Waals surface area contributed by atoms with Crippen molar-refractivity contribution in [2.45, 2.75) is 19.9 Å². The molecule has 1 aliphatic heterocycles. The van der Waals surface area contributed by atoms with Crippen LogP contribution in [0.2, 0.25) is 0 Å². The molecule has 1 fully saturated rings. The molecule has 5 nitrogen and oxygen atoms in total. The van der Waals surface area contributed by atoms with E-state index in [1.807, 2.05) is 13.8 Å². The second-order valence-corrected chi connectivity index (χ2v) is 4.16. The van der Waals surface area contributed by atoms with E-state index in [1.165, 1.54) is 0 Å². The summed E-state index contributed by atoms with van der Waals surface area (Å²) in [5.41, 5.74) is 0. The standard InChI is InChI=1S/C11H23N3O2/c1-3-12-8-11(15)13-10(2)9-14-4-6-16-7-5-14/h10,12H,3-9H2,1-2H3,(H,13,15). The van der Waals surface area contributed by atoms with Gasteiger partial charge in [-0.1, -0.05) is 6.92 Å². The Morgan fingerprint density at radius 3 is 2.75 bits per heavy atom. The van der Waals surface area contributed by atoms with Crippen LogP contribution in [0.25, 0.3) is 0 Å². The van der Waals surface area contributed by atoms with Crippen molar-refractivity contribution >= 4 is 5.91 Å². The summed E-state index contributed by atoms with van der Waals surface area (Å²) in [5.74, 6) is 0.0719. The zero-order chi connectivity index (χ0) is 11.8. The van der Waals surface area contributed by atoms with Gasteiger partial charge in [-0.2, -0.15) is 0 Å². The normalized spacial score (nSPS) is 19.4. The Bertz CT molecular complexity index is 205. The fourth-order valence-corrected chi connectivity index (χ4v) is 1.78. The quantitative estimate of drug-likeness (QED) is 0.640. The minimum atomic E-state index is 0.0719. The number of nitrogens with zero attached hydrogens (tertiary/aromatic N) is 1. The first-order valence-corrected chi connectivity index (χ1v) is 6.02. The van der Waals surface area contributed by atoms with E-state index in [1.54, 1.807) is 0 Å². The van der Waals surface area contributed by atoms with Crippen LogP contribution in [0.1, 0.15) is 13.8 Å². The number of rotatable bonds is 6. The van der Waals surface area contributed by atoms with E-state index >= 15 is 0 Å². The van der Waals surface area contributed by atoms with Gasteiger partial charge in [-0.15, -0.1) is 0 Å². The van der Waals surface area contributed by atoms with Gasteiger partial charge in [0.15, 0.2) is 0 Å². The molecule has 0 aliphatic carbocycles. The van der Waals surface area contributed by atoms with Gasteiger partial charge in [-0.05, 0) is 13.5 Å². The topological polar surface area (TPSA) is 53.6 Å². The van der Waals surface area contributed by atoms with Crippen LogP contribution in [0.4, 0.5) is 0 Å². The summed E-state index contributed by atoms with van der Waals surface area (Å²) >= 11 is 0. The molecule has 1 unspecified atom stereocenters. The van der Waals surface area contributed by atoms with Crippen LogP contribution in [0, 0.1) is 0 Å². The van der Waals surface area contributed by atoms with Gasteiger partial charge >= 0.3 is 0 Å². The number of carbonyl (C=O) groups is 1. The minimum absolute atomic E-state index is 0.0719. The maximum Gasteiger partial charge on any atom is 0.234 e. The largest absolute Gasteiger partial charge is 0.379 e. The van der Waals surface area contributed by atoms with E-state index in [0.29, 0.717) is 6.54 Å². The molecular formula is C11H23N3O2. The maximum atomic E-state index is 11.4. The predicted molar refractivity (Wildman–Crippen MR) is 63.4 cm³/mol. The molecule has 0 spiro atoms. The van der Waals surface area contributed by atoms with E-state index < -0.39 is 0 Å². The number of carbonyl (C=O) groups excluding carboxylic acids is 1. The Labute approximate surface area is 97.5 Å². The fraction of sp³-hybridized carbons (Fsp3) is 0.909. The number of nitrogens with one attached hydrogen (secondary N) is 2. The second-order valence-electron chi connectivity index (χ2n) is 4.16. The van der Waals surface area contributed by atoms with Crippen molar-refractivity contribution in [2.75, 3.05) is 45.9 Å². The smallest absolute Gasteiger partial charge is 0.234 e. The van der Waals surface area contributed by atoms with Gasteiger partial charge in [-0.3, -0.25) is 9.69 Å². The molecule has 1 rings (SSSR count). The van der Waals surface area contributed by atoms with Crippen LogP contribution in [0.3, 0.4) is 0 Å². The molecule has 1 amide bonds. The van der Waals surface area contributed by atoms with Gasteiger partial charge in [0.1, 0.15) is 0 Å². The fourth-order valence-electron chi connectivity index (χ4n) is 1.78. The first-order chi connectivity index (χ1) is 7.72. The highest BCUT2D eigenvalue weighted by atomic mass is 16.5. The van der Waals surface area contributed by atoms with Crippen LogP contribution >= 0.6 is 0 Å². The third kappa shape index (κ3) is 5.44. The number of amides is 1. The third-order valence-corrected chi connectivity index (χ3v) is 2.58. The van der Waals surface area contributed by atoms with Crippen molar-refractivity contribution in [1.82, 2.24) is 15.5 Å². The molecule has 2 N–H and O–H groups in total. The Kier molecular flexibility index (Phi) is 6.37. The summed E-state index contributed by atoms with van der Waals surface area (Å²) < 4.78 is 5.28. The Balaban J connectivity index is 2.13. The van der Waals surface area contributed by atoms with Crippen LogP contribution in [0.5, 0.6) is 0 Å². The molecule has 1 aliphatic rings. The summed E-state index contributed by atoms with van der Waals surface area (Å²) in [4.78, 5) is 13.8. The maximum absolute atomic E-state index is 11.4. The Hall–Kier alpha value is -0.650.